The fourth-order valence-electron chi connectivity index (χ4n) is 5.53. The predicted molar refractivity (Wildman–Crippen MR) is 141 cm³/mol. The van der Waals surface area contributed by atoms with Crippen LogP contribution in [-0.2, 0) is 9.59 Å². The molecule has 1 aliphatic heterocycles. The summed E-state index contributed by atoms with van der Waals surface area (Å²) in [7, 11) is 3.21. The third-order valence-electron chi connectivity index (χ3n) is 7.57. The van der Waals surface area contributed by atoms with Crippen LogP contribution in [0.25, 0.3) is 0 Å². The van der Waals surface area contributed by atoms with E-state index in [1.54, 1.807) is 19.1 Å². The Morgan fingerprint density at radius 2 is 1.58 bits per heavy atom. The van der Waals surface area contributed by atoms with Crippen LogP contribution in [0.1, 0.15) is 53.4 Å². The Hall–Kier alpha value is -3.86. The minimum absolute atomic E-state index is 0.0126. The van der Waals surface area contributed by atoms with E-state index in [0.717, 1.165) is 33.6 Å². The summed E-state index contributed by atoms with van der Waals surface area (Å²) in [5.41, 5.74) is 6.59. The molecule has 1 amide bonds. The maximum atomic E-state index is 13.9. The quantitative estimate of drug-likeness (QED) is 0.433. The minimum Gasteiger partial charge on any atom is -0.497 e. The van der Waals surface area contributed by atoms with Gasteiger partial charge in [-0.1, -0.05) is 42.5 Å². The van der Waals surface area contributed by atoms with Crippen molar-refractivity contribution in [2.75, 3.05) is 19.1 Å². The van der Waals surface area contributed by atoms with Gasteiger partial charge in [-0.05, 0) is 61.1 Å². The molecule has 5 nitrogen and oxygen atoms in total. The molecule has 3 aromatic carbocycles. The highest BCUT2D eigenvalue weighted by Crippen LogP contribution is 2.49. The zero-order chi connectivity index (χ0) is 25.4. The van der Waals surface area contributed by atoms with Crippen LogP contribution in [0.3, 0.4) is 0 Å². The highest BCUT2D eigenvalue weighted by molar-refractivity contribution is 6.08. The Morgan fingerprint density at radius 1 is 0.806 bits per heavy atom. The third kappa shape index (κ3) is 4.19. The standard InChI is InChI=1S/C31H31NO4/c1-19-10-11-23(14-20(19)2)32-27-15-22(21-8-6-5-7-9-21)16-28(33)31(27)26(18-30(32)34)25-13-12-24(35-3)17-29(25)36-4/h5-14,17,22,26H,15-16,18H2,1-4H3. The second kappa shape index (κ2) is 9.65. The molecule has 0 spiro atoms. The van der Waals surface area contributed by atoms with Gasteiger partial charge >= 0.3 is 0 Å². The average molecular weight is 482 g/mol. The van der Waals surface area contributed by atoms with Gasteiger partial charge in [0.1, 0.15) is 11.5 Å². The first-order chi connectivity index (χ1) is 17.4. The predicted octanol–water partition coefficient (Wildman–Crippen LogP) is 6.24. The number of anilines is 1. The van der Waals surface area contributed by atoms with Gasteiger partial charge in [-0.3, -0.25) is 14.5 Å². The molecule has 0 saturated heterocycles. The van der Waals surface area contributed by atoms with E-state index in [1.807, 2.05) is 61.5 Å². The number of allylic oxidation sites excluding steroid dienone is 2. The van der Waals surface area contributed by atoms with Crippen molar-refractivity contribution in [2.24, 2.45) is 0 Å². The van der Waals surface area contributed by atoms with E-state index in [-0.39, 0.29) is 29.9 Å². The normalized spacial score (nSPS) is 19.8. The molecule has 184 valence electrons. The number of amides is 1. The Morgan fingerprint density at radius 3 is 2.28 bits per heavy atom. The second-order valence-corrected chi connectivity index (χ2v) is 9.66. The lowest BCUT2D eigenvalue weighted by atomic mass is 9.72. The smallest absolute Gasteiger partial charge is 0.232 e. The molecule has 0 radical (unpaired) electrons. The number of carbonyl (C=O) groups is 2. The first kappa shape index (κ1) is 23.9. The van der Waals surface area contributed by atoms with E-state index < -0.39 is 0 Å². The van der Waals surface area contributed by atoms with Gasteiger partial charge in [0.05, 0.1) is 14.2 Å². The molecule has 36 heavy (non-hydrogen) atoms. The van der Waals surface area contributed by atoms with Crippen molar-refractivity contribution in [1.82, 2.24) is 0 Å². The van der Waals surface area contributed by atoms with E-state index in [2.05, 4.69) is 19.1 Å². The Bertz CT molecular complexity index is 1360. The van der Waals surface area contributed by atoms with Crippen LogP contribution in [0.2, 0.25) is 0 Å². The highest BCUT2D eigenvalue weighted by Gasteiger charge is 2.43. The molecule has 3 aromatic rings. The first-order valence-electron chi connectivity index (χ1n) is 12.3. The molecule has 1 aliphatic carbocycles. The number of rotatable bonds is 5. The van der Waals surface area contributed by atoms with Crippen LogP contribution in [0.4, 0.5) is 5.69 Å². The summed E-state index contributed by atoms with van der Waals surface area (Å²) < 4.78 is 11.1. The van der Waals surface area contributed by atoms with Crippen LogP contribution in [0, 0.1) is 13.8 Å². The molecule has 5 rings (SSSR count). The zero-order valence-corrected chi connectivity index (χ0v) is 21.2. The van der Waals surface area contributed by atoms with Gasteiger partial charge in [-0.2, -0.15) is 0 Å². The molecule has 2 atom stereocenters. The van der Waals surface area contributed by atoms with Crippen molar-refractivity contribution >= 4 is 17.4 Å². The molecule has 0 N–H and O–H groups in total. The first-order valence-corrected chi connectivity index (χ1v) is 12.3. The van der Waals surface area contributed by atoms with Crippen LogP contribution in [0.15, 0.2) is 78.0 Å². The molecular weight excluding hydrogens is 450 g/mol. The lowest BCUT2D eigenvalue weighted by molar-refractivity contribution is -0.120. The van der Waals surface area contributed by atoms with Crippen molar-refractivity contribution in [1.29, 1.82) is 0 Å². The van der Waals surface area contributed by atoms with Gasteiger partial charge in [0.25, 0.3) is 0 Å². The summed E-state index contributed by atoms with van der Waals surface area (Å²) in [6.45, 7) is 4.11. The van der Waals surface area contributed by atoms with Crippen LogP contribution >= 0.6 is 0 Å². The number of hydrogen-bond acceptors (Lipinski definition) is 4. The van der Waals surface area contributed by atoms with Gasteiger partial charge in [-0.25, -0.2) is 0 Å². The average Bonchev–Trinajstić information content (AvgIpc) is 2.89. The molecule has 2 unspecified atom stereocenters. The maximum absolute atomic E-state index is 13.9. The summed E-state index contributed by atoms with van der Waals surface area (Å²) in [5, 5.41) is 0. The Balaban J connectivity index is 1.68. The van der Waals surface area contributed by atoms with Gasteiger partial charge in [0, 0.05) is 47.3 Å². The number of Topliss-reactive ketones (excluding diaryl/α,β-unsaturated/α-hetero) is 1. The van der Waals surface area contributed by atoms with E-state index in [4.69, 9.17) is 9.47 Å². The van der Waals surface area contributed by atoms with Crippen molar-refractivity contribution in [3.8, 4) is 11.5 Å². The Kier molecular flexibility index (Phi) is 6.40. The molecule has 0 aromatic heterocycles. The lowest BCUT2D eigenvalue weighted by Crippen LogP contribution is -2.42. The second-order valence-electron chi connectivity index (χ2n) is 9.66. The van der Waals surface area contributed by atoms with Crippen LogP contribution < -0.4 is 14.4 Å². The van der Waals surface area contributed by atoms with E-state index in [9.17, 15) is 9.59 Å². The monoisotopic (exact) mass is 481 g/mol. The van der Waals surface area contributed by atoms with Crippen molar-refractivity contribution < 1.29 is 19.1 Å². The van der Waals surface area contributed by atoms with E-state index in [1.165, 1.54) is 5.56 Å². The van der Waals surface area contributed by atoms with Crippen molar-refractivity contribution in [3.63, 3.8) is 0 Å². The number of methoxy groups -OCH3 is 2. The molecule has 1 heterocycles. The molecule has 0 saturated carbocycles. The van der Waals surface area contributed by atoms with Crippen molar-refractivity contribution in [2.45, 2.75) is 44.9 Å². The van der Waals surface area contributed by atoms with Gasteiger partial charge in [0.2, 0.25) is 5.91 Å². The number of carbonyl (C=O) groups excluding carboxylic acids is 2. The summed E-state index contributed by atoms with van der Waals surface area (Å²) in [4.78, 5) is 29.5. The maximum Gasteiger partial charge on any atom is 0.232 e. The third-order valence-corrected chi connectivity index (χ3v) is 7.57. The highest BCUT2D eigenvalue weighted by atomic mass is 16.5. The van der Waals surface area contributed by atoms with Gasteiger partial charge in [0.15, 0.2) is 5.78 Å². The molecule has 0 fully saturated rings. The summed E-state index contributed by atoms with van der Waals surface area (Å²) >= 11 is 0. The SMILES string of the molecule is COc1ccc(C2CC(=O)N(c3ccc(C)c(C)c3)C3=C2C(=O)CC(c2ccccc2)C3)c(OC)c1. The summed E-state index contributed by atoms with van der Waals surface area (Å²) in [5.74, 6) is 1.03. The fraction of sp³-hybridized carbons (Fsp3) is 0.290. The van der Waals surface area contributed by atoms with Crippen molar-refractivity contribution in [3.05, 3.63) is 100 Å². The van der Waals surface area contributed by atoms with Gasteiger partial charge < -0.3 is 9.47 Å². The topological polar surface area (TPSA) is 55.8 Å². The van der Waals surface area contributed by atoms with Crippen LogP contribution in [0.5, 0.6) is 11.5 Å². The number of benzene rings is 3. The summed E-state index contributed by atoms with van der Waals surface area (Å²) in [6.07, 6.45) is 1.25. The minimum atomic E-state index is -0.361. The molecule has 5 heteroatoms. The molecular formula is C31H31NO4. The summed E-state index contributed by atoms with van der Waals surface area (Å²) in [6, 6.07) is 21.8. The largest absolute Gasteiger partial charge is 0.497 e. The number of ether oxygens (including phenoxy) is 2. The number of ketones is 1. The number of nitrogens with zero attached hydrogens (tertiary/aromatic N) is 1. The Labute approximate surface area is 212 Å². The molecule has 0 bridgehead atoms. The molecule has 2 aliphatic rings. The van der Waals surface area contributed by atoms with Crippen LogP contribution in [-0.4, -0.2) is 25.9 Å². The zero-order valence-electron chi connectivity index (χ0n) is 21.2. The van der Waals surface area contributed by atoms with E-state index in [0.29, 0.717) is 24.3 Å². The lowest BCUT2D eigenvalue weighted by Gasteiger charge is -2.41. The number of hydrogen-bond donors (Lipinski definition) is 0. The number of aryl methyl sites for hydroxylation is 2. The fourth-order valence-corrected chi connectivity index (χ4v) is 5.53. The van der Waals surface area contributed by atoms with E-state index >= 15 is 0 Å². The van der Waals surface area contributed by atoms with Gasteiger partial charge in [-0.15, -0.1) is 0 Å².